The van der Waals surface area contributed by atoms with Crippen LogP contribution in [-0.4, -0.2) is 27.3 Å². The molecule has 0 spiro atoms. The fourth-order valence-corrected chi connectivity index (χ4v) is 2.29. The maximum absolute atomic E-state index is 13.3. The van der Waals surface area contributed by atoms with E-state index in [0.717, 1.165) is 0 Å². The van der Waals surface area contributed by atoms with Crippen LogP contribution in [0.1, 0.15) is 6.92 Å². The lowest BCUT2D eigenvalue weighted by Crippen LogP contribution is -2.27. The van der Waals surface area contributed by atoms with E-state index < -0.39 is 50.5 Å². The number of sulfonamides is 1. The van der Waals surface area contributed by atoms with Gasteiger partial charge in [0.2, 0.25) is 15.8 Å². The number of halogens is 5. The molecule has 0 atom stereocenters. The normalized spacial score (nSPS) is 11.7. The van der Waals surface area contributed by atoms with Crippen molar-refractivity contribution >= 4 is 15.7 Å². The lowest BCUT2D eigenvalue weighted by Gasteiger charge is -2.11. The Kier molecular flexibility index (Phi) is 5.28. The van der Waals surface area contributed by atoms with Gasteiger partial charge in [0.1, 0.15) is 5.69 Å². The summed E-state index contributed by atoms with van der Waals surface area (Å²) in [5.74, 6) is -11.8. The Morgan fingerprint density at radius 2 is 1.35 bits per heavy atom. The van der Waals surface area contributed by atoms with Crippen LogP contribution in [0.5, 0.6) is 0 Å². The van der Waals surface area contributed by atoms with Crippen LogP contribution < -0.4 is 10.0 Å². The fourth-order valence-electron chi connectivity index (χ4n) is 1.28. The van der Waals surface area contributed by atoms with Gasteiger partial charge in [-0.3, -0.25) is 4.72 Å². The molecule has 2 N–H and O–H groups in total. The molecule has 4 nitrogen and oxygen atoms in total. The summed E-state index contributed by atoms with van der Waals surface area (Å²) in [6, 6.07) is 0. The highest BCUT2D eigenvalue weighted by molar-refractivity contribution is 7.92. The second-order valence-electron chi connectivity index (χ2n) is 3.72. The quantitative estimate of drug-likeness (QED) is 0.363. The predicted molar refractivity (Wildman–Crippen MR) is 62.2 cm³/mol. The number of benzene rings is 1. The van der Waals surface area contributed by atoms with Gasteiger partial charge in [0.05, 0.1) is 5.75 Å². The molecule has 114 valence electrons. The summed E-state index contributed by atoms with van der Waals surface area (Å²) in [6.07, 6.45) is 0. The van der Waals surface area contributed by atoms with Gasteiger partial charge in [0.25, 0.3) is 0 Å². The molecule has 0 amide bonds. The lowest BCUT2D eigenvalue weighted by molar-refractivity contribution is 0.382. The van der Waals surface area contributed by atoms with Crippen LogP contribution in [0.3, 0.4) is 0 Å². The van der Waals surface area contributed by atoms with Crippen molar-refractivity contribution in [3.05, 3.63) is 29.1 Å². The number of hydrogen-bond acceptors (Lipinski definition) is 3. The second-order valence-corrected chi connectivity index (χ2v) is 5.56. The molecule has 0 saturated heterocycles. The average Bonchev–Trinajstić information content (AvgIpc) is 2.39. The van der Waals surface area contributed by atoms with E-state index in [1.165, 1.54) is 4.72 Å². The maximum atomic E-state index is 13.3. The highest BCUT2D eigenvalue weighted by Gasteiger charge is 2.28. The standard InChI is InChI=1S/C10H11F5N2O2S/c1-2-16-3-4-20(18,19)17-10-8(14)6(12)5(11)7(13)9(10)15/h16-17H,2-4H2,1H3. The van der Waals surface area contributed by atoms with E-state index in [1.54, 1.807) is 6.92 Å². The molecule has 0 bridgehead atoms. The molecule has 0 aromatic heterocycles. The molecule has 1 rings (SSSR count). The first-order valence-corrected chi connectivity index (χ1v) is 7.09. The third-order valence-electron chi connectivity index (χ3n) is 2.26. The smallest absolute Gasteiger partial charge is 0.234 e. The summed E-state index contributed by atoms with van der Waals surface area (Å²) >= 11 is 0. The van der Waals surface area contributed by atoms with E-state index in [0.29, 0.717) is 6.54 Å². The third-order valence-corrected chi connectivity index (χ3v) is 3.52. The van der Waals surface area contributed by atoms with E-state index in [1.807, 2.05) is 0 Å². The van der Waals surface area contributed by atoms with Crippen molar-refractivity contribution in [2.75, 3.05) is 23.6 Å². The van der Waals surface area contributed by atoms with E-state index in [2.05, 4.69) is 5.32 Å². The first kappa shape index (κ1) is 16.6. The molecule has 0 saturated carbocycles. The van der Waals surface area contributed by atoms with Crippen molar-refractivity contribution in [2.24, 2.45) is 0 Å². The van der Waals surface area contributed by atoms with Crippen molar-refractivity contribution < 1.29 is 30.4 Å². The van der Waals surface area contributed by atoms with Crippen LogP contribution >= 0.6 is 0 Å². The van der Waals surface area contributed by atoms with Crippen molar-refractivity contribution in [1.82, 2.24) is 5.32 Å². The van der Waals surface area contributed by atoms with Crippen molar-refractivity contribution in [3.8, 4) is 0 Å². The second kappa shape index (κ2) is 6.35. The van der Waals surface area contributed by atoms with E-state index in [4.69, 9.17) is 0 Å². The monoisotopic (exact) mass is 318 g/mol. The van der Waals surface area contributed by atoms with Crippen molar-refractivity contribution in [1.29, 1.82) is 0 Å². The molecule has 20 heavy (non-hydrogen) atoms. The zero-order valence-corrected chi connectivity index (χ0v) is 11.1. The average molecular weight is 318 g/mol. The van der Waals surface area contributed by atoms with Gasteiger partial charge in [-0.1, -0.05) is 6.92 Å². The van der Waals surface area contributed by atoms with Gasteiger partial charge in [0.15, 0.2) is 23.3 Å². The minimum atomic E-state index is -4.25. The van der Waals surface area contributed by atoms with Crippen LogP contribution in [0.25, 0.3) is 0 Å². The van der Waals surface area contributed by atoms with Crippen molar-refractivity contribution in [3.63, 3.8) is 0 Å². The minimum Gasteiger partial charge on any atom is -0.316 e. The number of hydrogen-bond donors (Lipinski definition) is 2. The highest BCUT2D eigenvalue weighted by Crippen LogP contribution is 2.27. The summed E-state index contributed by atoms with van der Waals surface area (Å²) in [4.78, 5) is 0. The molecule has 1 aromatic rings. The number of nitrogens with one attached hydrogen (secondary N) is 2. The summed E-state index contributed by atoms with van der Waals surface area (Å²) in [5.41, 5.74) is -1.59. The fraction of sp³-hybridized carbons (Fsp3) is 0.400. The summed E-state index contributed by atoms with van der Waals surface area (Å²) < 4.78 is 89.3. The van der Waals surface area contributed by atoms with Gasteiger partial charge in [0, 0.05) is 6.54 Å². The molecule has 0 fully saturated rings. The third kappa shape index (κ3) is 3.57. The Hall–Kier alpha value is -1.42. The SMILES string of the molecule is CCNCCS(=O)(=O)Nc1c(F)c(F)c(F)c(F)c1F. The Balaban J connectivity index is 3.10. The first-order chi connectivity index (χ1) is 9.21. The zero-order chi connectivity index (χ0) is 15.5. The van der Waals surface area contributed by atoms with Crippen LogP contribution in [0, 0.1) is 29.1 Å². The van der Waals surface area contributed by atoms with Crippen LogP contribution in [0.2, 0.25) is 0 Å². The zero-order valence-electron chi connectivity index (χ0n) is 10.2. The Morgan fingerprint density at radius 3 is 1.80 bits per heavy atom. The van der Waals surface area contributed by atoms with Gasteiger partial charge in [-0.25, -0.2) is 30.4 Å². The molecule has 0 radical (unpaired) electrons. The van der Waals surface area contributed by atoms with Gasteiger partial charge >= 0.3 is 0 Å². The van der Waals surface area contributed by atoms with E-state index in [9.17, 15) is 30.4 Å². The Morgan fingerprint density at radius 1 is 0.900 bits per heavy atom. The molecule has 0 aliphatic carbocycles. The van der Waals surface area contributed by atoms with E-state index in [-0.39, 0.29) is 6.54 Å². The number of rotatable bonds is 6. The maximum Gasteiger partial charge on any atom is 0.234 e. The molecule has 0 unspecified atom stereocenters. The van der Waals surface area contributed by atoms with Gasteiger partial charge < -0.3 is 5.32 Å². The van der Waals surface area contributed by atoms with Crippen LogP contribution in [-0.2, 0) is 10.0 Å². The Bertz CT molecular complexity index is 577. The summed E-state index contributed by atoms with van der Waals surface area (Å²) in [7, 11) is -4.25. The predicted octanol–water partition coefficient (Wildman–Crippen LogP) is 1.73. The Labute approximate surface area is 112 Å². The van der Waals surface area contributed by atoms with Crippen LogP contribution in [0.4, 0.5) is 27.6 Å². The van der Waals surface area contributed by atoms with Crippen LogP contribution in [0.15, 0.2) is 0 Å². The molecule has 0 aliphatic rings. The topological polar surface area (TPSA) is 58.2 Å². The first-order valence-electron chi connectivity index (χ1n) is 5.44. The van der Waals surface area contributed by atoms with Gasteiger partial charge in [-0.2, -0.15) is 0 Å². The molecule has 10 heteroatoms. The molecule has 1 aromatic carbocycles. The number of anilines is 1. The van der Waals surface area contributed by atoms with Gasteiger partial charge in [-0.05, 0) is 6.54 Å². The molecule has 0 aliphatic heterocycles. The molecule has 0 heterocycles. The molecular weight excluding hydrogens is 307 g/mol. The van der Waals surface area contributed by atoms with Gasteiger partial charge in [-0.15, -0.1) is 0 Å². The van der Waals surface area contributed by atoms with Crippen molar-refractivity contribution in [2.45, 2.75) is 6.92 Å². The van der Waals surface area contributed by atoms with E-state index >= 15 is 0 Å². The lowest BCUT2D eigenvalue weighted by atomic mass is 10.2. The minimum absolute atomic E-state index is 0.0404. The summed E-state index contributed by atoms with van der Waals surface area (Å²) in [5, 5.41) is 2.64. The largest absolute Gasteiger partial charge is 0.316 e. The molecular formula is C10H11F5N2O2S. The summed E-state index contributed by atoms with van der Waals surface area (Å²) in [6.45, 7) is 2.11. The highest BCUT2D eigenvalue weighted by atomic mass is 32.2.